The van der Waals surface area contributed by atoms with Crippen molar-refractivity contribution in [2.45, 2.75) is 0 Å². The minimum Gasteiger partial charge on any atom is -0.459 e. The summed E-state index contributed by atoms with van der Waals surface area (Å²) in [5.41, 5.74) is 0.340. The van der Waals surface area contributed by atoms with Crippen LogP contribution in [0.2, 0.25) is 0 Å². The fourth-order valence-corrected chi connectivity index (χ4v) is 3.22. The van der Waals surface area contributed by atoms with Gasteiger partial charge in [-0.1, -0.05) is 0 Å². The summed E-state index contributed by atoms with van der Waals surface area (Å²) in [7, 11) is 0. The van der Waals surface area contributed by atoms with Gasteiger partial charge in [0.1, 0.15) is 11.5 Å². The van der Waals surface area contributed by atoms with E-state index in [9.17, 15) is 9.59 Å². The molecule has 0 atom stereocenters. The van der Waals surface area contributed by atoms with Crippen LogP contribution in [0.25, 0.3) is 0 Å². The Bertz CT molecular complexity index is 779. The largest absolute Gasteiger partial charge is 0.459 e. The van der Waals surface area contributed by atoms with E-state index < -0.39 is 0 Å². The maximum Gasteiger partial charge on any atom is 0.289 e. The highest BCUT2D eigenvalue weighted by atomic mass is 16.5. The Labute approximate surface area is 156 Å². The number of amides is 2. The predicted octanol–water partition coefficient (Wildman–Crippen LogP) is 0.504. The third-order valence-corrected chi connectivity index (χ3v) is 4.78. The Balaban J connectivity index is 1.34. The molecule has 142 valence electrons. The van der Waals surface area contributed by atoms with E-state index in [2.05, 4.69) is 14.9 Å². The molecule has 2 aliphatic rings. The highest BCUT2D eigenvalue weighted by Gasteiger charge is 2.25. The molecule has 4 rings (SSSR count). The zero-order valence-electron chi connectivity index (χ0n) is 14.9. The third kappa shape index (κ3) is 3.77. The smallest absolute Gasteiger partial charge is 0.289 e. The predicted molar refractivity (Wildman–Crippen MR) is 95.6 cm³/mol. The van der Waals surface area contributed by atoms with Crippen LogP contribution in [-0.2, 0) is 4.74 Å². The summed E-state index contributed by atoms with van der Waals surface area (Å²) < 4.78 is 10.4. The summed E-state index contributed by atoms with van der Waals surface area (Å²) >= 11 is 0. The fraction of sp³-hybridized carbons (Fsp3) is 0.444. The lowest BCUT2D eigenvalue weighted by Crippen LogP contribution is -2.49. The minimum absolute atomic E-state index is 0.0998. The molecule has 2 saturated heterocycles. The van der Waals surface area contributed by atoms with Gasteiger partial charge in [-0.25, -0.2) is 9.97 Å². The Morgan fingerprint density at radius 2 is 1.63 bits per heavy atom. The van der Waals surface area contributed by atoms with Gasteiger partial charge in [0.05, 0.1) is 31.9 Å². The van der Waals surface area contributed by atoms with Crippen molar-refractivity contribution in [3.05, 3.63) is 42.2 Å². The number of carbonyl (C=O) groups is 2. The second-order valence-electron chi connectivity index (χ2n) is 6.42. The van der Waals surface area contributed by atoms with Crippen LogP contribution in [0.1, 0.15) is 21.0 Å². The topological polar surface area (TPSA) is 92.0 Å². The average Bonchev–Trinajstić information content (AvgIpc) is 3.28. The average molecular weight is 371 g/mol. The normalized spacial score (nSPS) is 17.9. The van der Waals surface area contributed by atoms with E-state index in [4.69, 9.17) is 9.15 Å². The lowest BCUT2D eigenvalue weighted by atomic mass is 10.3. The number of piperazine rings is 1. The number of hydrogen-bond acceptors (Lipinski definition) is 7. The van der Waals surface area contributed by atoms with Gasteiger partial charge in [-0.2, -0.15) is 0 Å². The number of carbonyl (C=O) groups excluding carboxylic acids is 2. The molecular formula is C18H21N5O4. The van der Waals surface area contributed by atoms with E-state index in [1.165, 1.54) is 12.5 Å². The molecule has 2 amide bonds. The first-order valence-electron chi connectivity index (χ1n) is 8.99. The van der Waals surface area contributed by atoms with Gasteiger partial charge in [-0.15, -0.1) is 0 Å². The second-order valence-corrected chi connectivity index (χ2v) is 6.42. The fourth-order valence-electron chi connectivity index (χ4n) is 3.22. The van der Waals surface area contributed by atoms with E-state index in [0.717, 1.165) is 0 Å². The maximum atomic E-state index is 12.4. The van der Waals surface area contributed by atoms with Crippen LogP contribution in [0, 0.1) is 0 Å². The van der Waals surface area contributed by atoms with Gasteiger partial charge in [0.15, 0.2) is 5.76 Å². The standard InChI is InChI=1S/C18H21N5O4/c24-17(23-7-10-26-11-8-23)14-12-20-16(13-19-14)21-3-5-22(6-4-21)18(25)15-2-1-9-27-15/h1-2,9,12-13H,3-8,10-11H2. The van der Waals surface area contributed by atoms with Crippen molar-refractivity contribution in [3.63, 3.8) is 0 Å². The number of ether oxygens (including phenoxy) is 1. The van der Waals surface area contributed by atoms with Crippen molar-refractivity contribution in [2.75, 3.05) is 57.4 Å². The van der Waals surface area contributed by atoms with Crippen LogP contribution in [0.4, 0.5) is 5.82 Å². The van der Waals surface area contributed by atoms with Crippen molar-refractivity contribution in [1.82, 2.24) is 19.8 Å². The van der Waals surface area contributed by atoms with E-state index in [1.807, 2.05) is 0 Å². The first-order valence-corrected chi connectivity index (χ1v) is 8.99. The van der Waals surface area contributed by atoms with Crippen molar-refractivity contribution in [1.29, 1.82) is 0 Å². The number of aromatic nitrogens is 2. The molecule has 4 heterocycles. The molecule has 9 heteroatoms. The van der Waals surface area contributed by atoms with Crippen LogP contribution in [-0.4, -0.2) is 84.1 Å². The molecule has 2 aliphatic heterocycles. The number of morpholine rings is 1. The van der Waals surface area contributed by atoms with Crippen molar-refractivity contribution in [2.24, 2.45) is 0 Å². The zero-order valence-corrected chi connectivity index (χ0v) is 14.9. The Kier molecular flexibility index (Phi) is 5.01. The molecule has 27 heavy (non-hydrogen) atoms. The summed E-state index contributed by atoms with van der Waals surface area (Å²) in [6.07, 6.45) is 4.64. The maximum absolute atomic E-state index is 12.4. The minimum atomic E-state index is -0.119. The SMILES string of the molecule is O=C(c1cnc(N2CCN(C(=O)c3ccco3)CC2)cn1)N1CCOCC1. The summed E-state index contributed by atoms with van der Waals surface area (Å²) in [4.78, 5) is 39.0. The molecule has 0 bridgehead atoms. The molecule has 2 aromatic rings. The van der Waals surface area contributed by atoms with Crippen LogP contribution >= 0.6 is 0 Å². The van der Waals surface area contributed by atoms with Gasteiger partial charge in [0.2, 0.25) is 0 Å². The molecule has 0 aliphatic carbocycles. The molecule has 9 nitrogen and oxygen atoms in total. The van der Waals surface area contributed by atoms with E-state index >= 15 is 0 Å². The highest BCUT2D eigenvalue weighted by Crippen LogP contribution is 2.15. The van der Waals surface area contributed by atoms with Crippen LogP contribution in [0.5, 0.6) is 0 Å². The Morgan fingerprint density at radius 1 is 0.889 bits per heavy atom. The molecule has 0 spiro atoms. The van der Waals surface area contributed by atoms with Gasteiger partial charge < -0.3 is 23.9 Å². The molecule has 2 fully saturated rings. The number of rotatable bonds is 3. The summed E-state index contributed by atoms with van der Waals surface area (Å²) in [6.45, 7) is 4.72. The van der Waals surface area contributed by atoms with Crippen molar-refractivity contribution >= 4 is 17.6 Å². The first-order chi connectivity index (χ1) is 13.2. The van der Waals surface area contributed by atoms with Crippen LogP contribution in [0.15, 0.2) is 35.2 Å². The summed E-state index contributed by atoms with van der Waals surface area (Å²) in [6, 6.07) is 3.38. The molecule has 0 aromatic carbocycles. The molecular weight excluding hydrogens is 350 g/mol. The molecule has 0 radical (unpaired) electrons. The summed E-state index contributed by atoms with van der Waals surface area (Å²) in [5.74, 6) is 0.844. The van der Waals surface area contributed by atoms with Crippen LogP contribution in [0.3, 0.4) is 0 Å². The van der Waals surface area contributed by atoms with Gasteiger partial charge in [0.25, 0.3) is 11.8 Å². The van der Waals surface area contributed by atoms with Crippen molar-refractivity contribution < 1.29 is 18.7 Å². The molecule has 0 N–H and O–H groups in total. The lowest BCUT2D eigenvalue weighted by molar-refractivity contribution is 0.0298. The number of furan rings is 1. The number of anilines is 1. The van der Waals surface area contributed by atoms with Crippen LogP contribution < -0.4 is 4.90 Å². The number of hydrogen-bond donors (Lipinski definition) is 0. The van der Waals surface area contributed by atoms with Crippen molar-refractivity contribution in [3.8, 4) is 0 Å². The molecule has 0 unspecified atom stereocenters. The number of nitrogens with zero attached hydrogens (tertiary/aromatic N) is 5. The lowest BCUT2D eigenvalue weighted by Gasteiger charge is -2.34. The second kappa shape index (κ2) is 7.75. The zero-order chi connectivity index (χ0) is 18.6. The quantitative estimate of drug-likeness (QED) is 0.776. The Hall–Kier alpha value is -2.94. The van der Waals surface area contributed by atoms with E-state index in [-0.39, 0.29) is 11.8 Å². The van der Waals surface area contributed by atoms with Gasteiger partial charge in [-0.3, -0.25) is 9.59 Å². The third-order valence-electron chi connectivity index (χ3n) is 4.78. The Morgan fingerprint density at radius 3 is 2.26 bits per heavy atom. The van der Waals surface area contributed by atoms with E-state index in [1.54, 1.807) is 28.1 Å². The van der Waals surface area contributed by atoms with E-state index in [0.29, 0.717) is 69.8 Å². The van der Waals surface area contributed by atoms with Gasteiger partial charge >= 0.3 is 0 Å². The summed E-state index contributed by atoms with van der Waals surface area (Å²) in [5, 5.41) is 0. The van der Waals surface area contributed by atoms with Gasteiger partial charge in [-0.05, 0) is 12.1 Å². The monoisotopic (exact) mass is 371 g/mol. The first kappa shape index (κ1) is 17.5. The molecule has 0 saturated carbocycles. The highest BCUT2D eigenvalue weighted by molar-refractivity contribution is 5.92. The molecule has 2 aromatic heterocycles. The van der Waals surface area contributed by atoms with Gasteiger partial charge in [0, 0.05) is 39.3 Å².